The summed E-state index contributed by atoms with van der Waals surface area (Å²) >= 11 is 1.65. The van der Waals surface area contributed by atoms with Crippen LogP contribution >= 0.6 is 11.3 Å². The Balaban J connectivity index is 1.49. The van der Waals surface area contributed by atoms with E-state index in [1.165, 1.54) is 21.3 Å². The minimum absolute atomic E-state index is 0.211. The second kappa shape index (κ2) is 10.7. The predicted octanol–water partition coefficient (Wildman–Crippen LogP) is 6.01. The SMILES string of the molecule is CCCCN(CC(=O)N1CCc2sccc2C1c1ccc(F)cc1)S(=O)(=O)c1cccc2ccccc12. The lowest BCUT2D eigenvalue weighted by Gasteiger charge is -2.37. The fourth-order valence-electron chi connectivity index (χ4n) is 5.01. The van der Waals surface area contributed by atoms with Crippen molar-refractivity contribution in [1.82, 2.24) is 9.21 Å². The summed E-state index contributed by atoms with van der Waals surface area (Å²) in [6.45, 7) is 2.48. The average Bonchev–Trinajstić information content (AvgIpc) is 3.39. The Kier molecular flexibility index (Phi) is 7.42. The molecule has 5 nitrogen and oxygen atoms in total. The van der Waals surface area contributed by atoms with Crippen molar-refractivity contribution in [2.45, 2.75) is 37.1 Å². The van der Waals surface area contributed by atoms with Gasteiger partial charge in [-0.05, 0) is 59.0 Å². The standard InChI is InChI=1S/C29H29FN2O3S2/c1-2-3-17-31(37(34,35)27-10-6-8-21-7-4-5-9-24(21)27)20-28(33)32-18-15-26-25(16-19-36-26)29(32)22-11-13-23(30)14-12-22/h4-14,16,19,29H,2-3,15,17-18,20H2,1H3. The van der Waals surface area contributed by atoms with Crippen molar-refractivity contribution in [1.29, 1.82) is 0 Å². The van der Waals surface area contributed by atoms with Gasteiger partial charge < -0.3 is 4.90 Å². The van der Waals surface area contributed by atoms with Crippen LogP contribution < -0.4 is 0 Å². The summed E-state index contributed by atoms with van der Waals surface area (Å²) < 4.78 is 42.9. The summed E-state index contributed by atoms with van der Waals surface area (Å²) in [4.78, 5) is 17.0. The number of unbranched alkanes of at least 4 members (excludes halogenated alkanes) is 1. The van der Waals surface area contributed by atoms with E-state index < -0.39 is 10.0 Å². The van der Waals surface area contributed by atoms with Gasteiger partial charge in [0, 0.05) is 23.4 Å². The van der Waals surface area contributed by atoms with Crippen LogP contribution in [0.25, 0.3) is 10.8 Å². The highest BCUT2D eigenvalue weighted by Crippen LogP contribution is 2.38. The highest BCUT2D eigenvalue weighted by Gasteiger charge is 2.35. The number of benzene rings is 3. The summed E-state index contributed by atoms with van der Waals surface area (Å²) in [7, 11) is -3.93. The Morgan fingerprint density at radius 3 is 2.59 bits per heavy atom. The summed E-state index contributed by atoms with van der Waals surface area (Å²) in [6, 6.07) is 20.5. The zero-order valence-corrected chi connectivity index (χ0v) is 22.3. The highest BCUT2D eigenvalue weighted by atomic mass is 32.2. The van der Waals surface area contributed by atoms with E-state index in [0.29, 0.717) is 24.8 Å². The minimum atomic E-state index is -3.93. The molecule has 2 heterocycles. The summed E-state index contributed by atoms with van der Waals surface area (Å²) in [5, 5.41) is 3.49. The van der Waals surface area contributed by atoms with Crippen molar-refractivity contribution in [2.75, 3.05) is 19.6 Å². The highest BCUT2D eigenvalue weighted by molar-refractivity contribution is 7.89. The van der Waals surface area contributed by atoms with Crippen LogP contribution in [0.1, 0.15) is 41.8 Å². The minimum Gasteiger partial charge on any atom is -0.330 e. The zero-order chi connectivity index (χ0) is 26.0. The Labute approximate surface area is 221 Å². The third kappa shape index (κ3) is 5.06. The number of fused-ring (bicyclic) bond motifs is 2. The number of nitrogens with zero attached hydrogens (tertiary/aromatic N) is 2. The molecule has 0 spiro atoms. The normalized spacial score (nSPS) is 15.8. The smallest absolute Gasteiger partial charge is 0.244 e. The average molecular weight is 537 g/mol. The van der Waals surface area contributed by atoms with Gasteiger partial charge in [0.25, 0.3) is 0 Å². The lowest BCUT2D eigenvalue weighted by atomic mass is 9.93. The molecule has 8 heteroatoms. The van der Waals surface area contributed by atoms with E-state index in [2.05, 4.69) is 0 Å². The van der Waals surface area contributed by atoms with Crippen LogP contribution in [0, 0.1) is 5.82 Å². The van der Waals surface area contributed by atoms with Gasteiger partial charge in [-0.3, -0.25) is 4.79 Å². The fraction of sp³-hybridized carbons (Fsp3) is 0.276. The van der Waals surface area contributed by atoms with Crippen molar-refractivity contribution < 1.29 is 17.6 Å². The Morgan fingerprint density at radius 1 is 1.05 bits per heavy atom. The van der Waals surface area contributed by atoms with Gasteiger partial charge in [-0.1, -0.05) is 61.9 Å². The van der Waals surface area contributed by atoms with Gasteiger partial charge in [0.1, 0.15) is 5.82 Å². The summed E-state index contributed by atoms with van der Waals surface area (Å²) in [5.41, 5.74) is 1.83. The lowest BCUT2D eigenvalue weighted by molar-refractivity contribution is -0.133. The first-order valence-corrected chi connectivity index (χ1v) is 14.8. The summed E-state index contributed by atoms with van der Waals surface area (Å²) in [5.74, 6) is -0.596. The largest absolute Gasteiger partial charge is 0.330 e. The third-order valence-corrected chi connectivity index (χ3v) is 9.81. The molecule has 0 aliphatic carbocycles. The van der Waals surface area contributed by atoms with Crippen LogP contribution in [0.3, 0.4) is 0 Å². The second-order valence-electron chi connectivity index (χ2n) is 9.26. The monoisotopic (exact) mass is 536 g/mol. The Morgan fingerprint density at radius 2 is 1.81 bits per heavy atom. The Hall–Kier alpha value is -3.07. The van der Waals surface area contributed by atoms with Gasteiger partial charge in [0.15, 0.2) is 0 Å². The molecule has 192 valence electrons. The maximum atomic E-state index is 13.9. The molecule has 1 aliphatic heterocycles. The molecular weight excluding hydrogens is 507 g/mol. The van der Waals surface area contributed by atoms with Crippen LogP contribution in [-0.2, 0) is 21.2 Å². The van der Waals surface area contributed by atoms with Crippen LogP contribution in [0.5, 0.6) is 0 Å². The molecule has 0 radical (unpaired) electrons. The van der Waals surface area contributed by atoms with Crippen LogP contribution in [0.2, 0.25) is 0 Å². The first-order valence-electron chi connectivity index (χ1n) is 12.5. The maximum absolute atomic E-state index is 13.9. The van der Waals surface area contributed by atoms with Gasteiger partial charge in [0.2, 0.25) is 15.9 Å². The van der Waals surface area contributed by atoms with Crippen molar-refractivity contribution in [3.63, 3.8) is 0 Å². The molecule has 1 aliphatic rings. The molecule has 37 heavy (non-hydrogen) atoms. The van der Waals surface area contributed by atoms with E-state index >= 15 is 0 Å². The van der Waals surface area contributed by atoms with E-state index in [-0.39, 0.29) is 35.8 Å². The number of halogens is 1. The first-order chi connectivity index (χ1) is 17.9. The van der Waals surface area contributed by atoms with Gasteiger partial charge in [-0.15, -0.1) is 11.3 Å². The molecule has 1 unspecified atom stereocenters. The molecule has 0 fully saturated rings. The van der Waals surface area contributed by atoms with E-state index in [9.17, 15) is 17.6 Å². The van der Waals surface area contributed by atoms with E-state index in [4.69, 9.17) is 0 Å². The number of thiophene rings is 1. The number of hydrogen-bond acceptors (Lipinski definition) is 4. The predicted molar refractivity (Wildman–Crippen MR) is 146 cm³/mol. The van der Waals surface area contributed by atoms with E-state index in [1.54, 1.807) is 46.6 Å². The van der Waals surface area contributed by atoms with Gasteiger partial charge in [0.05, 0.1) is 17.5 Å². The molecule has 3 aromatic carbocycles. The van der Waals surface area contributed by atoms with Gasteiger partial charge >= 0.3 is 0 Å². The van der Waals surface area contributed by atoms with Crippen LogP contribution in [-0.4, -0.2) is 43.2 Å². The topological polar surface area (TPSA) is 57.7 Å². The van der Waals surface area contributed by atoms with Gasteiger partial charge in [-0.2, -0.15) is 4.31 Å². The zero-order valence-electron chi connectivity index (χ0n) is 20.6. The molecular formula is C29H29FN2O3S2. The number of hydrogen-bond donors (Lipinski definition) is 0. The molecule has 1 atom stereocenters. The van der Waals surface area contributed by atoms with Crippen molar-refractivity contribution in [2.24, 2.45) is 0 Å². The molecule has 4 aromatic rings. The van der Waals surface area contributed by atoms with E-state index in [0.717, 1.165) is 22.9 Å². The number of rotatable bonds is 8. The number of sulfonamides is 1. The molecule has 1 amide bonds. The van der Waals surface area contributed by atoms with E-state index in [1.807, 2.05) is 42.6 Å². The third-order valence-electron chi connectivity index (χ3n) is 6.91. The fourth-order valence-corrected chi connectivity index (χ4v) is 7.56. The first kappa shape index (κ1) is 25.6. The van der Waals surface area contributed by atoms with Gasteiger partial charge in [-0.25, -0.2) is 12.8 Å². The quantitative estimate of drug-likeness (QED) is 0.277. The van der Waals surface area contributed by atoms with Crippen LogP contribution in [0.15, 0.2) is 83.1 Å². The molecule has 0 N–H and O–H groups in total. The van der Waals surface area contributed by atoms with Crippen molar-refractivity contribution in [3.8, 4) is 0 Å². The van der Waals surface area contributed by atoms with Crippen LogP contribution in [0.4, 0.5) is 4.39 Å². The Bertz CT molecular complexity index is 1510. The maximum Gasteiger partial charge on any atom is 0.244 e. The summed E-state index contributed by atoms with van der Waals surface area (Å²) in [6.07, 6.45) is 2.16. The molecule has 0 saturated heterocycles. The molecule has 0 bridgehead atoms. The number of amides is 1. The number of carbonyl (C=O) groups excluding carboxylic acids is 1. The van der Waals surface area contributed by atoms with Crippen molar-refractivity contribution in [3.05, 3.63) is 100.0 Å². The molecule has 0 saturated carbocycles. The second-order valence-corrected chi connectivity index (χ2v) is 12.2. The molecule has 1 aromatic heterocycles. The number of carbonyl (C=O) groups is 1. The lowest BCUT2D eigenvalue weighted by Crippen LogP contribution is -2.47. The molecule has 5 rings (SSSR count). The van der Waals surface area contributed by atoms with Crippen molar-refractivity contribution >= 4 is 38.0 Å².